The van der Waals surface area contributed by atoms with Crippen molar-refractivity contribution in [2.24, 2.45) is 18.7 Å². The van der Waals surface area contributed by atoms with Crippen molar-refractivity contribution < 1.29 is 9.53 Å². The molecule has 1 amide bonds. The Morgan fingerprint density at radius 2 is 2.19 bits per heavy atom. The highest BCUT2D eigenvalue weighted by Gasteiger charge is 2.26. The van der Waals surface area contributed by atoms with Crippen LogP contribution < -0.4 is 11.1 Å². The molecule has 2 heterocycles. The fourth-order valence-corrected chi connectivity index (χ4v) is 3.70. The molecule has 0 bridgehead atoms. The predicted octanol–water partition coefficient (Wildman–Crippen LogP) is 2.73. The van der Waals surface area contributed by atoms with E-state index in [1.165, 1.54) is 11.8 Å². The first kappa shape index (κ1) is 21.0. The maximum atomic E-state index is 12.4. The van der Waals surface area contributed by atoms with Gasteiger partial charge in [0.25, 0.3) is 0 Å². The minimum atomic E-state index is -0.546. The highest BCUT2D eigenvalue weighted by atomic mass is 35.5. The number of nitrogens with one attached hydrogen (secondary N) is 1. The molecule has 0 saturated carbocycles. The summed E-state index contributed by atoms with van der Waals surface area (Å²) in [6.07, 6.45) is 3.24. The third kappa shape index (κ3) is 5.11. The van der Waals surface area contributed by atoms with Gasteiger partial charge in [0, 0.05) is 30.8 Å². The highest BCUT2D eigenvalue weighted by Crippen LogP contribution is 2.33. The molecule has 3 rings (SSSR count). The van der Waals surface area contributed by atoms with Gasteiger partial charge in [0.1, 0.15) is 6.33 Å². The number of rotatable bonds is 5. The Morgan fingerprint density at radius 3 is 2.81 bits per heavy atom. The monoisotopic (exact) mass is 417 g/mol. The number of ether oxygens (including phenoxy) is 1. The third-order valence-electron chi connectivity index (χ3n) is 4.15. The SMILES string of the molecule is Cl.Cn1cnnc1Sc1ccc(NC(=O)C(N)C2CCOCC2)cc1Cl. The molecule has 1 atom stereocenters. The van der Waals surface area contributed by atoms with Crippen LogP contribution >= 0.6 is 35.8 Å². The minimum absolute atomic E-state index is 0. The molecule has 1 aliphatic heterocycles. The Labute approximate surface area is 167 Å². The van der Waals surface area contributed by atoms with E-state index >= 15 is 0 Å². The standard InChI is InChI=1S/C16H20ClN5O2S.ClH/c1-22-9-19-21-16(22)25-13-3-2-11(8-12(13)17)20-15(23)14(18)10-4-6-24-7-5-10;/h2-3,8-10,14H,4-7,18H2,1H3,(H,20,23);1H. The lowest BCUT2D eigenvalue weighted by Crippen LogP contribution is -2.44. The van der Waals surface area contributed by atoms with Crippen LogP contribution in [0.5, 0.6) is 0 Å². The van der Waals surface area contributed by atoms with Gasteiger partial charge in [-0.25, -0.2) is 0 Å². The second-order valence-electron chi connectivity index (χ2n) is 5.94. The van der Waals surface area contributed by atoms with Crippen LogP contribution in [0.15, 0.2) is 34.6 Å². The number of aryl methyl sites for hydroxylation is 1. The van der Waals surface area contributed by atoms with Gasteiger partial charge in [-0.1, -0.05) is 11.6 Å². The number of halogens is 2. The van der Waals surface area contributed by atoms with E-state index in [-0.39, 0.29) is 24.2 Å². The molecule has 1 unspecified atom stereocenters. The van der Waals surface area contributed by atoms with Crippen molar-refractivity contribution in [3.8, 4) is 0 Å². The summed E-state index contributed by atoms with van der Waals surface area (Å²) in [7, 11) is 1.86. The number of nitrogens with two attached hydrogens (primary N) is 1. The molecule has 10 heteroatoms. The zero-order chi connectivity index (χ0) is 17.8. The number of amides is 1. The molecule has 1 aliphatic rings. The Hall–Kier alpha value is -1.32. The molecule has 142 valence electrons. The molecule has 1 aromatic heterocycles. The van der Waals surface area contributed by atoms with E-state index in [0.717, 1.165) is 22.9 Å². The number of anilines is 1. The van der Waals surface area contributed by atoms with Gasteiger partial charge in [-0.15, -0.1) is 22.6 Å². The number of carbonyl (C=O) groups is 1. The fraction of sp³-hybridized carbons (Fsp3) is 0.438. The summed E-state index contributed by atoms with van der Waals surface area (Å²) in [5.74, 6) is -0.0494. The first-order valence-electron chi connectivity index (χ1n) is 8.00. The molecule has 3 N–H and O–H groups in total. The van der Waals surface area contributed by atoms with Crippen LogP contribution in [0.4, 0.5) is 5.69 Å². The average Bonchev–Trinajstić information content (AvgIpc) is 3.02. The van der Waals surface area contributed by atoms with Crippen LogP contribution in [-0.4, -0.2) is 39.9 Å². The Balaban J connectivity index is 0.00000243. The van der Waals surface area contributed by atoms with Crippen LogP contribution in [0, 0.1) is 5.92 Å². The van der Waals surface area contributed by atoms with Crippen molar-refractivity contribution in [1.29, 1.82) is 0 Å². The molecule has 2 aromatic rings. The summed E-state index contributed by atoms with van der Waals surface area (Å²) in [6, 6.07) is 4.82. The summed E-state index contributed by atoms with van der Waals surface area (Å²) in [5.41, 5.74) is 6.72. The van der Waals surface area contributed by atoms with E-state index < -0.39 is 6.04 Å². The summed E-state index contributed by atoms with van der Waals surface area (Å²) < 4.78 is 7.12. The Kier molecular flexibility index (Phi) is 7.72. The zero-order valence-electron chi connectivity index (χ0n) is 14.2. The number of hydrogen-bond acceptors (Lipinski definition) is 6. The van der Waals surface area contributed by atoms with Crippen molar-refractivity contribution in [2.45, 2.75) is 28.9 Å². The van der Waals surface area contributed by atoms with Gasteiger partial charge in [-0.3, -0.25) is 4.79 Å². The molecular formula is C16H21Cl2N5O2S. The summed E-state index contributed by atoms with van der Waals surface area (Å²) in [4.78, 5) is 13.2. The van der Waals surface area contributed by atoms with Crippen LogP contribution in [0.2, 0.25) is 5.02 Å². The van der Waals surface area contributed by atoms with Crippen LogP contribution in [0.1, 0.15) is 12.8 Å². The van der Waals surface area contributed by atoms with Gasteiger partial charge in [0.15, 0.2) is 5.16 Å². The highest BCUT2D eigenvalue weighted by molar-refractivity contribution is 7.99. The summed E-state index contributed by atoms with van der Waals surface area (Å²) >= 11 is 7.74. The smallest absolute Gasteiger partial charge is 0.241 e. The van der Waals surface area contributed by atoms with E-state index in [1.807, 2.05) is 17.7 Å². The molecule has 1 aromatic carbocycles. The lowest BCUT2D eigenvalue weighted by molar-refractivity contribution is -0.119. The van der Waals surface area contributed by atoms with E-state index in [2.05, 4.69) is 15.5 Å². The largest absolute Gasteiger partial charge is 0.381 e. The lowest BCUT2D eigenvalue weighted by atomic mass is 9.92. The first-order valence-corrected chi connectivity index (χ1v) is 9.19. The molecule has 26 heavy (non-hydrogen) atoms. The van der Waals surface area contributed by atoms with Crippen molar-refractivity contribution in [3.05, 3.63) is 29.5 Å². The average molecular weight is 418 g/mol. The molecule has 0 radical (unpaired) electrons. The second-order valence-corrected chi connectivity index (χ2v) is 7.35. The Bertz CT molecular complexity index is 752. The van der Waals surface area contributed by atoms with E-state index in [1.54, 1.807) is 18.5 Å². The zero-order valence-corrected chi connectivity index (χ0v) is 16.6. The van der Waals surface area contributed by atoms with Gasteiger partial charge in [-0.05, 0) is 48.7 Å². The van der Waals surface area contributed by atoms with Crippen LogP contribution in [0.25, 0.3) is 0 Å². The summed E-state index contributed by atoms with van der Waals surface area (Å²) in [6.45, 7) is 1.32. The molecule has 0 aliphatic carbocycles. The quantitative estimate of drug-likeness (QED) is 0.776. The number of carbonyl (C=O) groups excluding carboxylic acids is 1. The maximum Gasteiger partial charge on any atom is 0.241 e. The Morgan fingerprint density at radius 1 is 1.46 bits per heavy atom. The number of hydrogen-bond donors (Lipinski definition) is 2. The third-order valence-corrected chi connectivity index (χ3v) is 5.70. The van der Waals surface area contributed by atoms with Gasteiger partial charge in [0.2, 0.25) is 5.91 Å². The predicted molar refractivity (Wildman–Crippen MR) is 104 cm³/mol. The first-order chi connectivity index (χ1) is 12.0. The van der Waals surface area contributed by atoms with Crippen molar-refractivity contribution in [1.82, 2.24) is 14.8 Å². The van der Waals surface area contributed by atoms with Gasteiger partial charge in [-0.2, -0.15) is 0 Å². The van der Waals surface area contributed by atoms with Crippen LogP contribution in [0.3, 0.4) is 0 Å². The van der Waals surface area contributed by atoms with Crippen molar-refractivity contribution in [3.63, 3.8) is 0 Å². The molecule has 7 nitrogen and oxygen atoms in total. The topological polar surface area (TPSA) is 95.1 Å². The molecule has 1 saturated heterocycles. The van der Waals surface area contributed by atoms with E-state index in [9.17, 15) is 4.79 Å². The fourth-order valence-electron chi connectivity index (χ4n) is 2.64. The minimum Gasteiger partial charge on any atom is -0.381 e. The lowest BCUT2D eigenvalue weighted by Gasteiger charge is -2.26. The molecular weight excluding hydrogens is 397 g/mol. The molecule has 1 fully saturated rings. The van der Waals surface area contributed by atoms with E-state index in [0.29, 0.717) is 23.9 Å². The van der Waals surface area contributed by atoms with Crippen molar-refractivity contribution in [2.75, 3.05) is 18.5 Å². The second kappa shape index (κ2) is 9.57. The van der Waals surface area contributed by atoms with Gasteiger partial charge in [0.05, 0.1) is 11.1 Å². The normalized spacial score (nSPS) is 16.0. The summed E-state index contributed by atoms with van der Waals surface area (Å²) in [5, 5.41) is 12.0. The molecule has 0 spiro atoms. The van der Waals surface area contributed by atoms with Gasteiger partial charge < -0.3 is 20.4 Å². The van der Waals surface area contributed by atoms with Crippen LogP contribution in [-0.2, 0) is 16.6 Å². The van der Waals surface area contributed by atoms with E-state index in [4.69, 9.17) is 22.1 Å². The maximum absolute atomic E-state index is 12.4. The van der Waals surface area contributed by atoms with Gasteiger partial charge >= 0.3 is 0 Å². The number of nitrogens with zero attached hydrogens (tertiary/aromatic N) is 3. The number of benzene rings is 1. The number of aromatic nitrogens is 3. The van der Waals surface area contributed by atoms with Crippen molar-refractivity contribution >= 4 is 47.4 Å².